The molecule has 0 aromatic heterocycles. The minimum absolute atomic E-state index is 0.236. The van der Waals surface area contributed by atoms with Crippen molar-refractivity contribution in [3.63, 3.8) is 0 Å². The van der Waals surface area contributed by atoms with E-state index in [2.05, 4.69) is 13.8 Å². The molecule has 0 fully saturated rings. The lowest BCUT2D eigenvalue weighted by Gasteiger charge is -2.06. The smallest absolute Gasteiger partial charge is 0.0715 e. The molecule has 64 valence electrons. The lowest BCUT2D eigenvalue weighted by Crippen LogP contribution is -2.22. The molecule has 2 nitrogen and oxygen atoms in total. The van der Waals surface area contributed by atoms with E-state index in [-0.39, 0.29) is 5.56 Å². The molecule has 0 heterocycles. The summed E-state index contributed by atoms with van der Waals surface area (Å²) < 4.78 is 0. The van der Waals surface area contributed by atoms with Gasteiger partial charge < -0.3 is 9.90 Å². The van der Waals surface area contributed by atoms with Crippen molar-refractivity contribution in [1.82, 2.24) is 0 Å². The van der Waals surface area contributed by atoms with Crippen LogP contribution in [0.4, 0.5) is 0 Å². The highest BCUT2D eigenvalue weighted by molar-refractivity contribution is 5.85. The van der Waals surface area contributed by atoms with E-state index in [0.717, 1.165) is 5.56 Å². The first-order chi connectivity index (χ1) is 5.61. The van der Waals surface area contributed by atoms with Crippen LogP contribution < -0.4 is 5.11 Å². The average Bonchev–Trinajstić information content (AvgIpc) is 2.04. The summed E-state index contributed by atoms with van der Waals surface area (Å²) in [7, 11) is 0. The minimum atomic E-state index is -1.12. The second-order valence-electron chi connectivity index (χ2n) is 3.06. The molecule has 1 aromatic carbocycles. The SMILES string of the molecule is CC(C)c1ccc(C(=O)[O-])cc1. The summed E-state index contributed by atoms with van der Waals surface area (Å²) in [5.74, 6) is -0.689. The van der Waals surface area contributed by atoms with Crippen molar-refractivity contribution in [2.75, 3.05) is 0 Å². The predicted octanol–water partition coefficient (Wildman–Crippen LogP) is 1.17. The zero-order valence-electron chi connectivity index (χ0n) is 7.20. The van der Waals surface area contributed by atoms with Gasteiger partial charge in [0.25, 0.3) is 0 Å². The third kappa shape index (κ3) is 1.84. The van der Waals surface area contributed by atoms with Crippen LogP contribution in [0.3, 0.4) is 0 Å². The third-order valence-electron chi connectivity index (χ3n) is 1.81. The van der Waals surface area contributed by atoms with E-state index in [1.807, 2.05) is 12.1 Å². The molecule has 0 atom stereocenters. The number of carboxylic acid groups (broad SMARTS) is 1. The van der Waals surface area contributed by atoms with E-state index in [1.165, 1.54) is 0 Å². The highest BCUT2D eigenvalue weighted by atomic mass is 16.4. The van der Waals surface area contributed by atoms with Crippen LogP contribution in [0.25, 0.3) is 0 Å². The van der Waals surface area contributed by atoms with Crippen LogP contribution in [-0.2, 0) is 0 Å². The maximum atomic E-state index is 10.4. The van der Waals surface area contributed by atoms with Gasteiger partial charge in [0.15, 0.2) is 0 Å². The zero-order valence-corrected chi connectivity index (χ0v) is 7.20. The minimum Gasteiger partial charge on any atom is -0.545 e. The van der Waals surface area contributed by atoms with Gasteiger partial charge >= 0.3 is 0 Å². The van der Waals surface area contributed by atoms with E-state index < -0.39 is 5.97 Å². The van der Waals surface area contributed by atoms with Crippen molar-refractivity contribution in [1.29, 1.82) is 0 Å². The molecule has 12 heavy (non-hydrogen) atoms. The highest BCUT2D eigenvalue weighted by Gasteiger charge is 1.98. The standard InChI is InChI=1S/C10H12O2/c1-7(2)8-3-5-9(6-4-8)10(11)12/h3-7H,1-2H3,(H,11,12)/p-1. The topological polar surface area (TPSA) is 40.1 Å². The van der Waals surface area contributed by atoms with Gasteiger partial charge in [0, 0.05) is 0 Å². The van der Waals surface area contributed by atoms with Crippen molar-refractivity contribution in [2.24, 2.45) is 0 Å². The molecule has 0 aliphatic carbocycles. The van der Waals surface area contributed by atoms with Gasteiger partial charge in [0.2, 0.25) is 0 Å². The van der Waals surface area contributed by atoms with Crippen molar-refractivity contribution < 1.29 is 9.90 Å². The summed E-state index contributed by atoms with van der Waals surface area (Å²) in [5.41, 5.74) is 1.37. The number of hydrogen-bond acceptors (Lipinski definition) is 2. The van der Waals surface area contributed by atoms with E-state index >= 15 is 0 Å². The molecular weight excluding hydrogens is 152 g/mol. The van der Waals surface area contributed by atoms with Crippen LogP contribution in [0.5, 0.6) is 0 Å². The molecule has 1 aromatic rings. The second kappa shape index (κ2) is 3.39. The molecule has 0 aliphatic rings. The van der Waals surface area contributed by atoms with Gasteiger partial charge in [-0.2, -0.15) is 0 Å². The lowest BCUT2D eigenvalue weighted by atomic mass is 10.0. The van der Waals surface area contributed by atoms with Gasteiger partial charge in [-0.15, -0.1) is 0 Å². The molecule has 0 saturated carbocycles. The Bertz CT molecular complexity index is 272. The Morgan fingerprint density at radius 1 is 1.25 bits per heavy atom. The Morgan fingerprint density at radius 2 is 1.75 bits per heavy atom. The summed E-state index contributed by atoms with van der Waals surface area (Å²) in [5, 5.41) is 10.4. The van der Waals surface area contributed by atoms with Crippen LogP contribution in [0, 0.1) is 0 Å². The summed E-state index contributed by atoms with van der Waals surface area (Å²) >= 11 is 0. The van der Waals surface area contributed by atoms with Crippen molar-refractivity contribution in [3.05, 3.63) is 35.4 Å². The summed E-state index contributed by atoms with van der Waals surface area (Å²) in [6.45, 7) is 4.13. The van der Waals surface area contributed by atoms with Gasteiger partial charge in [-0.1, -0.05) is 38.1 Å². The Labute approximate surface area is 71.8 Å². The average molecular weight is 163 g/mol. The number of carboxylic acids is 1. The lowest BCUT2D eigenvalue weighted by molar-refractivity contribution is -0.255. The fraction of sp³-hybridized carbons (Fsp3) is 0.300. The summed E-state index contributed by atoms with van der Waals surface area (Å²) in [6, 6.07) is 6.78. The first-order valence-corrected chi connectivity index (χ1v) is 3.92. The third-order valence-corrected chi connectivity index (χ3v) is 1.81. The summed E-state index contributed by atoms with van der Waals surface area (Å²) in [4.78, 5) is 10.4. The number of benzene rings is 1. The number of rotatable bonds is 2. The number of carbonyl (C=O) groups excluding carboxylic acids is 1. The molecule has 0 saturated heterocycles. The fourth-order valence-corrected chi connectivity index (χ4v) is 1.00. The molecule has 0 bridgehead atoms. The number of carbonyl (C=O) groups is 1. The van der Waals surface area contributed by atoms with Gasteiger partial charge in [0.1, 0.15) is 0 Å². The molecule has 0 aliphatic heterocycles. The van der Waals surface area contributed by atoms with Gasteiger partial charge in [-0.05, 0) is 17.0 Å². The van der Waals surface area contributed by atoms with Crippen LogP contribution in [-0.4, -0.2) is 5.97 Å². The first-order valence-electron chi connectivity index (χ1n) is 3.92. The normalized spacial score (nSPS) is 10.2. The zero-order chi connectivity index (χ0) is 9.14. The monoisotopic (exact) mass is 163 g/mol. The summed E-state index contributed by atoms with van der Waals surface area (Å²) in [6.07, 6.45) is 0. The van der Waals surface area contributed by atoms with E-state index in [1.54, 1.807) is 12.1 Å². The van der Waals surface area contributed by atoms with Gasteiger partial charge in [-0.25, -0.2) is 0 Å². The highest BCUT2D eigenvalue weighted by Crippen LogP contribution is 2.14. The van der Waals surface area contributed by atoms with Gasteiger partial charge in [-0.3, -0.25) is 0 Å². The molecule has 0 spiro atoms. The quantitative estimate of drug-likeness (QED) is 0.656. The van der Waals surface area contributed by atoms with Crippen molar-refractivity contribution >= 4 is 5.97 Å². The van der Waals surface area contributed by atoms with E-state index in [0.29, 0.717) is 5.92 Å². The number of hydrogen-bond donors (Lipinski definition) is 0. The largest absolute Gasteiger partial charge is 0.545 e. The van der Waals surface area contributed by atoms with Gasteiger partial charge in [0.05, 0.1) is 5.97 Å². The Morgan fingerprint density at radius 3 is 2.08 bits per heavy atom. The Hall–Kier alpha value is -1.31. The van der Waals surface area contributed by atoms with Crippen LogP contribution in [0.2, 0.25) is 0 Å². The first kappa shape index (κ1) is 8.78. The molecule has 0 unspecified atom stereocenters. The van der Waals surface area contributed by atoms with Crippen LogP contribution >= 0.6 is 0 Å². The maximum absolute atomic E-state index is 10.4. The molecule has 1 rings (SSSR count). The van der Waals surface area contributed by atoms with E-state index in [4.69, 9.17) is 0 Å². The maximum Gasteiger partial charge on any atom is 0.0715 e. The predicted molar refractivity (Wildman–Crippen MR) is 44.9 cm³/mol. The van der Waals surface area contributed by atoms with E-state index in [9.17, 15) is 9.90 Å². The van der Waals surface area contributed by atoms with Crippen LogP contribution in [0.15, 0.2) is 24.3 Å². The Kier molecular flexibility index (Phi) is 2.48. The Balaban J connectivity index is 2.93. The molecular formula is C10H11O2-. The second-order valence-corrected chi connectivity index (χ2v) is 3.06. The molecule has 0 amide bonds. The molecule has 0 radical (unpaired) electrons. The molecule has 0 N–H and O–H groups in total. The van der Waals surface area contributed by atoms with Crippen LogP contribution in [0.1, 0.15) is 35.7 Å². The number of aromatic carboxylic acids is 1. The molecule has 2 heteroatoms. The van der Waals surface area contributed by atoms with Crippen molar-refractivity contribution in [2.45, 2.75) is 19.8 Å². The fourth-order valence-electron chi connectivity index (χ4n) is 1.00. The van der Waals surface area contributed by atoms with Crippen molar-refractivity contribution in [3.8, 4) is 0 Å².